The molecular weight excluding hydrogens is 212 g/mol. The van der Waals surface area contributed by atoms with Gasteiger partial charge in [0.1, 0.15) is 5.82 Å². The van der Waals surface area contributed by atoms with Crippen LogP contribution in [0.25, 0.3) is 0 Å². The highest BCUT2D eigenvalue weighted by atomic mass is 15.1. The lowest BCUT2D eigenvalue weighted by Crippen LogP contribution is -2.40. The topological polar surface area (TPSA) is 41.0 Å². The largest absolute Gasteiger partial charge is 0.317 e. The third kappa shape index (κ3) is 3.48. The summed E-state index contributed by atoms with van der Waals surface area (Å²) in [6.07, 6.45) is 6.18. The van der Waals surface area contributed by atoms with Crippen molar-refractivity contribution < 1.29 is 0 Å². The van der Waals surface area contributed by atoms with Crippen molar-refractivity contribution in [1.82, 2.24) is 20.2 Å². The van der Waals surface area contributed by atoms with Crippen LogP contribution in [0.2, 0.25) is 0 Å². The molecule has 0 saturated carbocycles. The van der Waals surface area contributed by atoms with Gasteiger partial charge in [-0.2, -0.15) is 0 Å². The molecule has 1 unspecified atom stereocenters. The molecule has 4 nitrogen and oxygen atoms in total. The molecule has 1 aliphatic heterocycles. The lowest BCUT2D eigenvalue weighted by molar-refractivity contribution is 0.156. The molecule has 1 N–H and O–H groups in total. The highest BCUT2D eigenvalue weighted by Gasteiger charge is 2.23. The molecule has 17 heavy (non-hydrogen) atoms. The molecule has 0 spiro atoms. The van der Waals surface area contributed by atoms with Gasteiger partial charge in [-0.15, -0.1) is 0 Å². The lowest BCUT2D eigenvalue weighted by Gasteiger charge is -2.34. The Hall–Kier alpha value is -1.00. The van der Waals surface area contributed by atoms with Crippen LogP contribution in [0.5, 0.6) is 0 Å². The van der Waals surface area contributed by atoms with Crippen LogP contribution < -0.4 is 5.32 Å². The number of rotatable bonds is 4. The quantitative estimate of drug-likeness (QED) is 0.852. The summed E-state index contributed by atoms with van der Waals surface area (Å²) >= 11 is 0. The van der Waals surface area contributed by atoms with E-state index in [1.165, 1.54) is 12.8 Å². The van der Waals surface area contributed by atoms with Crippen molar-refractivity contribution >= 4 is 0 Å². The minimum absolute atomic E-state index is 0.630. The molecule has 2 heterocycles. The van der Waals surface area contributed by atoms with Crippen LogP contribution in [-0.2, 0) is 6.54 Å². The number of aromatic nitrogens is 2. The molecule has 0 aliphatic carbocycles. The molecular formula is C13H22N4. The molecule has 0 bridgehead atoms. The number of hydrogen-bond acceptors (Lipinski definition) is 4. The van der Waals surface area contributed by atoms with E-state index in [0.717, 1.165) is 31.4 Å². The second-order valence-corrected chi connectivity index (χ2v) is 4.86. The normalized spacial score (nSPS) is 20.4. The van der Waals surface area contributed by atoms with E-state index in [-0.39, 0.29) is 0 Å². The summed E-state index contributed by atoms with van der Waals surface area (Å²) in [5.41, 5.74) is 0. The monoisotopic (exact) mass is 234 g/mol. The Morgan fingerprint density at radius 1 is 1.35 bits per heavy atom. The third-order valence-corrected chi connectivity index (χ3v) is 3.78. The SMILES string of the molecule is CNC(C)C1CCN(Cc2ncccn2)CC1. The van der Waals surface area contributed by atoms with E-state index in [1.54, 1.807) is 0 Å². The van der Waals surface area contributed by atoms with E-state index in [9.17, 15) is 0 Å². The Morgan fingerprint density at radius 2 is 2.00 bits per heavy atom. The molecule has 1 atom stereocenters. The number of nitrogens with zero attached hydrogens (tertiary/aromatic N) is 3. The Morgan fingerprint density at radius 3 is 2.59 bits per heavy atom. The molecule has 1 aromatic rings. The molecule has 0 amide bonds. The average Bonchev–Trinajstić information content (AvgIpc) is 2.40. The van der Waals surface area contributed by atoms with Gasteiger partial charge >= 0.3 is 0 Å². The minimum atomic E-state index is 0.630. The molecule has 2 rings (SSSR count). The minimum Gasteiger partial charge on any atom is -0.317 e. The van der Waals surface area contributed by atoms with Crippen molar-refractivity contribution in [3.63, 3.8) is 0 Å². The zero-order valence-corrected chi connectivity index (χ0v) is 10.8. The summed E-state index contributed by atoms with van der Waals surface area (Å²) in [6.45, 7) is 5.49. The van der Waals surface area contributed by atoms with Crippen molar-refractivity contribution in [2.24, 2.45) is 5.92 Å². The fourth-order valence-corrected chi connectivity index (χ4v) is 2.46. The average molecular weight is 234 g/mol. The fourth-order valence-electron chi connectivity index (χ4n) is 2.46. The first-order valence-electron chi connectivity index (χ1n) is 6.45. The Bertz CT molecular complexity index is 319. The van der Waals surface area contributed by atoms with Crippen LogP contribution in [0.1, 0.15) is 25.6 Å². The summed E-state index contributed by atoms with van der Waals surface area (Å²) in [7, 11) is 2.05. The van der Waals surface area contributed by atoms with Crippen molar-refractivity contribution in [3.05, 3.63) is 24.3 Å². The van der Waals surface area contributed by atoms with Crippen molar-refractivity contribution in [3.8, 4) is 0 Å². The third-order valence-electron chi connectivity index (χ3n) is 3.78. The Balaban J connectivity index is 1.80. The maximum Gasteiger partial charge on any atom is 0.142 e. The van der Waals surface area contributed by atoms with Gasteiger partial charge in [0.25, 0.3) is 0 Å². The number of hydrogen-bond donors (Lipinski definition) is 1. The predicted octanol–water partition coefficient (Wildman–Crippen LogP) is 1.30. The van der Waals surface area contributed by atoms with E-state index in [2.05, 4.69) is 34.2 Å². The molecule has 1 fully saturated rings. The zero-order chi connectivity index (χ0) is 12.1. The van der Waals surface area contributed by atoms with Crippen LogP contribution in [0.15, 0.2) is 18.5 Å². The van der Waals surface area contributed by atoms with E-state index >= 15 is 0 Å². The van der Waals surface area contributed by atoms with Crippen LogP contribution in [0, 0.1) is 5.92 Å². The van der Waals surface area contributed by atoms with Crippen LogP contribution in [0.4, 0.5) is 0 Å². The molecule has 94 valence electrons. The smallest absolute Gasteiger partial charge is 0.142 e. The molecule has 4 heteroatoms. The van der Waals surface area contributed by atoms with Gasteiger partial charge < -0.3 is 5.32 Å². The number of likely N-dealkylation sites (tertiary alicyclic amines) is 1. The lowest BCUT2D eigenvalue weighted by atomic mass is 9.90. The van der Waals surface area contributed by atoms with Crippen LogP contribution in [0.3, 0.4) is 0 Å². The van der Waals surface area contributed by atoms with Gasteiger partial charge in [-0.1, -0.05) is 0 Å². The van der Waals surface area contributed by atoms with Gasteiger partial charge in [-0.25, -0.2) is 9.97 Å². The summed E-state index contributed by atoms with van der Waals surface area (Å²) in [5.74, 6) is 1.75. The van der Waals surface area contributed by atoms with E-state index in [1.807, 2.05) is 18.5 Å². The molecule has 1 saturated heterocycles. The first-order chi connectivity index (χ1) is 8.29. The van der Waals surface area contributed by atoms with E-state index < -0.39 is 0 Å². The van der Waals surface area contributed by atoms with Crippen molar-refractivity contribution in [2.45, 2.75) is 32.4 Å². The molecule has 0 aromatic carbocycles. The van der Waals surface area contributed by atoms with E-state index in [0.29, 0.717) is 6.04 Å². The zero-order valence-electron chi connectivity index (χ0n) is 10.8. The van der Waals surface area contributed by atoms with Gasteiger partial charge in [-0.3, -0.25) is 4.90 Å². The summed E-state index contributed by atoms with van der Waals surface area (Å²) < 4.78 is 0. The molecule has 1 aromatic heterocycles. The summed E-state index contributed by atoms with van der Waals surface area (Å²) in [4.78, 5) is 11.0. The van der Waals surface area contributed by atoms with Gasteiger partial charge in [0.15, 0.2) is 0 Å². The Kier molecular flexibility index (Phi) is 4.45. The highest BCUT2D eigenvalue weighted by Crippen LogP contribution is 2.21. The predicted molar refractivity (Wildman–Crippen MR) is 68.6 cm³/mol. The van der Waals surface area contributed by atoms with Gasteiger partial charge in [0.05, 0.1) is 6.54 Å². The number of piperidine rings is 1. The highest BCUT2D eigenvalue weighted by molar-refractivity contribution is 4.89. The summed E-state index contributed by atoms with van der Waals surface area (Å²) in [6, 6.07) is 2.50. The second kappa shape index (κ2) is 6.07. The van der Waals surface area contributed by atoms with Crippen molar-refractivity contribution in [1.29, 1.82) is 0 Å². The maximum atomic E-state index is 4.28. The van der Waals surface area contributed by atoms with E-state index in [4.69, 9.17) is 0 Å². The first kappa shape index (κ1) is 12.5. The maximum absolute atomic E-state index is 4.28. The van der Waals surface area contributed by atoms with Crippen molar-refractivity contribution in [2.75, 3.05) is 20.1 Å². The van der Waals surface area contributed by atoms with Gasteiger partial charge in [0, 0.05) is 18.4 Å². The van der Waals surface area contributed by atoms with Crippen LogP contribution in [-0.4, -0.2) is 41.0 Å². The molecule has 1 aliphatic rings. The standard InChI is InChI=1S/C13H22N4/c1-11(14-2)12-4-8-17(9-5-12)10-13-15-6-3-7-16-13/h3,6-7,11-12,14H,4-5,8-10H2,1-2H3. The Labute approximate surface area is 103 Å². The number of nitrogens with one attached hydrogen (secondary N) is 1. The summed E-state index contributed by atoms with van der Waals surface area (Å²) in [5, 5.41) is 3.36. The van der Waals surface area contributed by atoms with Gasteiger partial charge in [0.2, 0.25) is 0 Å². The fraction of sp³-hybridized carbons (Fsp3) is 0.692. The van der Waals surface area contributed by atoms with Crippen LogP contribution >= 0.6 is 0 Å². The van der Waals surface area contributed by atoms with Gasteiger partial charge in [-0.05, 0) is 51.9 Å². The second-order valence-electron chi connectivity index (χ2n) is 4.86. The first-order valence-corrected chi connectivity index (χ1v) is 6.45. The molecule has 0 radical (unpaired) electrons.